The molecule has 98 valence electrons. The van der Waals surface area contributed by atoms with Crippen LogP contribution in [0.1, 0.15) is 18.9 Å². The molecule has 1 amide bonds. The topological polar surface area (TPSA) is 86.6 Å². The van der Waals surface area contributed by atoms with Gasteiger partial charge < -0.3 is 15.5 Å². The lowest BCUT2D eigenvalue weighted by molar-refractivity contribution is -0.141. The smallest absolute Gasteiger partial charge is 0.306 e. The van der Waals surface area contributed by atoms with Crippen LogP contribution in [0.2, 0.25) is 0 Å². The first kappa shape index (κ1) is 14.0. The molecule has 1 atom stereocenters. The van der Waals surface area contributed by atoms with Crippen molar-refractivity contribution >= 4 is 11.9 Å². The van der Waals surface area contributed by atoms with E-state index in [1.807, 2.05) is 0 Å². The van der Waals surface area contributed by atoms with E-state index in [2.05, 4.69) is 5.32 Å². The number of phenols is 1. The first-order valence-electron chi connectivity index (χ1n) is 5.76. The average Bonchev–Trinajstić information content (AvgIpc) is 2.28. The lowest BCUT2D eigenvalue weighted by Crippen LogP contribution is -2.28. The maximum Gasteiger partial charge on any atom is 0.306 e. The van der Waals surface area contributed by atoms with Crippen molar-refractivity contribution in [2.45, 2.75) is 19.8 Å². The number of benzene rings is 1. The average molecular weight is 251 g/mol. The second kappa shape index (κ2) is 6.64. The number of carbonyl (C=O) groups is 2. The lowest BCUT2D eigenvalue weighted by atomic mass is 10.1. The number of phenolic OH excluding ortho intramolecular Hbond substituents is 1. The summed E-state index contributed by atoms with van der Waals surface area (Å²) in [6, 6.07) is 6.49. The van der Waals surface area contributed by atoms with Crippen molar-refractivity contribution in [3.63, 3.8) is 0 Å². The predicted octanol–water partition coefficient (Wildman–Crippen LogP) is 1.16. The summed E-state index contributed by atoms with van der Waals surface area (Å²) in [5.74, 6) is -1.39. The van der Waals surface area contributed by atoms with Gasteiger partial charge in [-0.2, -0.15) is 0 Å². The van der Waals surface area contributed by atoms with E-state index in [9.17, 15) is 14.7 Å². The fraction of sp³-hybridized carbons (Fsp3) is 0.385. The summed E-state index contributed by atoms with van der Waals surface area (Å²) in [5.41, 5.74) is 0.721. The molecule has 0 saturated carbocycles. The van der Waals surface area contributed by atoms with E-state index in [-0.39, 0.29) is 18.1 Å². The summed E-state index contributed by atoms with van der Waals surface area (Å²) >= 11 is 0. The van der Waals surface area contributed by atoms with Gasteiger partial charge >= 0.3 is 5.97 Å². The van der Waals surface area contributed by atoms with Crippen LogP contribution in [-0.4, -0.2) is 28.6 Å². The molecule has 0 aliphatic carbocycles. The first-order chi connectivity index (χ1) is 8.49. The number of aromatic hydroxyl groups is 1. The number of carboxylic acids is 1. The zero-order valence-corrected chi connectivity index (χ0v) is 10.2. The van der Waals surface area contributed by atoms with Crippen LogP contribution in [0.3, 0.4) is 0 Å². The Morgan fingerprint density at radius 1 is 1.39 bits per heavy atom. The van der Waals surface area contributed by atoms with Gasteiger partial charge in [-0.25, -0.2) is 0 Å². The van der Waals surface area contributed by atoms with Gasteiger partial charge in [-0.3, -0.25) is 9.59 Å². The second-order valence-corrected chi connectivity index (χ2v) is 4.22. The van der Waals surface area contributed by atoms with Crippen molar-refractivity contribution in [3.8, 4) is 5.75 Å². The molecular formula is C13H17NO4. The Hall–Kier alpha value is -2.04. The van der Waals surface area contributed by atoms with E-state index >= 15 is 0 Å². The van der Waals surface area contributed by atoms with Crippen LogP contribution in [0.4, 0.5) is 0 Å². The summed E-state index contributed by atoms with van der Waals surface area (Å²) in [6.45, 7) is 1.94. The van der Waals surface area contributed by atoms with Crippen molar-refractivity contribution < 1.29 is 19.8 Å². The van der Waals surface area contributed by atoms with Crippen molar-refractivity contribution in [3.05, 3.63) is 29.8 Å². The molecule has 0 fully saturated rings. The van der Waals surface area contributed by atoms with E-state index in [4.69, 9.17) is 5.11 Å². The first-order valence-corrected chi connectivity index (χ1v) is 5.76. The number of carbonyl (C=O) groups excluding carboxylic acids is 1. The van der Waals surface area contributed by atoms with Crippen LogP contribution in [0.15, 0.2) is 24.3 Å². The fourth-order valence-electron chi connectivity index (χ4n) is 1.47. The Balaban J connectivity index is 2.32. The number of rotatable bonds is 6. The molecular weight excluding hydrogens is 234 g/mol. The summed E-state index contributed by atoms with van der Waals surface area (Å²) in [6.07, 6.45) is 0.580. The largest absolute Gasteiger partial charge is 0.508 e. The molecule has 0 heterocycles. The van der Waals surface area contributed by atoms with Crippen molar-refractivity contribution in [2.75, 3.05) is 6.54 Å². The number of aliphatic carboxylic acids is 1. The Kier molecular flexibility index (Phi) is 5.17. The van der Waals surface area contributed by atoms with Crippen LogP contribution < -0.4 is 5.32 Å². The summed E-state index contributed by atoms with van der Waals surface area (Å²) in [4.78, 5) is 22.1. The predicted molar refractivity (Wildman–Crippen MR) is 66.2 cm³/mol. The van der Waals surface area contributed by atoms with Gasteiger partial charge in [0, 0.05) is 6.54 Å². The normalized spacial score (nSPS) is 11.8. The zero-order chi connectivity index (χ0) is 13.5. The molecule has 1 unspecified atom stereocenters. The minimum atomic E-state index is -0.864. The van der Waals surface area contributed by atoms with Crippen molar-refractivity contribution in [1.82, 2.24) is 5.32 Å². The molecule has 1 aromatic rings. The molecule has 5 heteroatoms. The highest BCUT2D eigenvalue weighted by Crippen LogP contribution is 2.11. The summed E-state index contributed by atoms with van der Waals surface area (Å²) < 4.78 is 0. The zero-order valence-electron chi connectivity index (χ0n) is 10.2. The van der Waals surface area contributed by atoms with Gasteiger partial charge in [-0.15, -0.1) is 0 Å². The van der Waals surface area contributed by atoms with Gasteiger partial charge in [0.25, 0.3) is 0 Å². The van der Waals surface area contributed by atoms with Gasteiger partial charge in [0.2, 0.25) is 5.91 Å². The van der Waals surface area contributed by atoms with Crippen LogP contribution in [0.25, 0.3) is 0 Å². The number of hydrogen-bond acceptors (Lipinski definition) is 3. The molecule has 0 saturated heterocycles. The van der Waals surface area contributed by atoms with Crippen molar-refractivity contribution in [1.29, 1.82) is 0 Å². The maximum absolute atomic E-state index is 11.5. The van der Waals surface area contributed by atoms with E-state index in [0.717, 1.165) is 5.56 Å². The molecule has 1 aromatic carbocycles. The Morgan fingerprint density at radius 3 is 2.72 bits per heavy atom. The molecule has 5 nitrogen and oxygen atoms in total. The second-order valence-electron chi connectivity index (χ2n) is 4.22. The minimum absolute atomic E-state index is 0.125. The van der Waals surface area contributed by atoms with Crippen LogP contribution >= 0.6 is 0 Å². The highest BCUT2D eigenvalue weighted by atomic mass is 16.4. The van der Waals surface area contributed by atoms with E-state index in [0.29, 0.717) is 13.0 Å². The third kappa shape index (κ3) is 4.86. The Bertz CT molecular complexity index is 431. The molecule has 0 aromatic heterocycles. The molecule has 0 aliphatic heterocycles. The van der Waals surface area contributed by atoms with Gasteiger partial charge in [-0.1, -0.05) is 19.1 Å². The fourth-order valence-corrected chi connectivity index (χ4v) is 1.47. The van der Waals surface area contributed by atoms with Crippen LogP contribution in [0.5, 0.6) is 5.75 Å². The Morgan fingerprint density at radius 2 is 2.11 bits per heavy atom. The van der Waals surface area contributed by atoms with Gasteiger partial charge in [0.1, 0.15) is 5.75 Å². The lowest BCUT2D eigenvalue weighted by Gasteiger charge is -2.08. The molecule has 18 heavy (non-hydrogen) atoms. The molecule has 0 aliphatic rings. The van der Waals surface area contributed by atoms with Gasteiger partial charge in [0.05, 0.1) is 12.3 Å². The maximum atomic E-state index is 11.5. The van der Waals surface area contributed by atoms with E-state index in [1.165, 1.54) is 12.1 Å². The van der Waals surface area contributed by atoms with Crippen molar-refractivity contribution in [2.24, 2.45) is 5.92 Å². The number of hydrogen-bond donors (Lipinski definition) is 3. The Labute approximate surface area is 105 Å². The molecule has 0 spiro atoms. The molecule has 1 rings (SSSR count). The quantitative estimate of drug-likeness (QED) is 0.708. The molecule has 3 N–H and O–H groups in total. The number of nitrogens with one attached hydrogen (secondary N) is 1. The molecule has 0 radical (unpaired) electrons. The van der Waals surface area contributed by atoms with Crippen LogP contribution in [-0.2, 0) is 16.0 Å². The van der Waals surface area contributed by atoms with Crippen LogP contribution in [0, 0.1) is 5.92 Å². The summed E-state index contributed by atoms with van der Waals surface area (Å²) in [7, 11) is 0. The number of amides is 1. The third-order valence-electron chi connectivity index (χ3n) is 2.60. The monoisotopic (exact) mass is 251 g/mol. The minimum Gasteiger partial charge on any atom is -0.508 e. The standard InChI is InChI=1S/C13H17NO4/c1-9(13(17)18)5-6-14-12(16)8-10-3-2-4-11(15)7-10/h2-4,7,9,15H,5-6,8H2,1H3,(H,14,16)(H,17,18). The van der Waals surface area contributed by atoms with Gasteiger partial charge in [0.15, 0.2) is 0 Å². The summed E-state index contributed by atoms with van der Waals surface area (Å²) in [5, 5.41) is 20.6. The van der Waals surface area contributed by atoms with E-state index < -0.39 is 11.9 Å². The molecule has 0 bridgehead atoms. The highest BCUT2D eigenvalue weighted by Gasteiger charge is 2.11. The van der Waals surface area contributed by atoms with Gasteiger partial charge in [-0.05, 0) is 24.1 Å². The van der Waals surface area contributed by atoms with E-state index in [1.54, 1.807) is 19.1 Å². The third-order valence-corrected chi connectivity index (χ3v) is 2.60. The number of carboxylic acid groups (broad SMARTS) is 1. The highest BCUT2D eigenvalue weighted by molar-refractivity contribution is 5.78. The SMILES string of the molecule is CC(CCNC(=O)Cc1cccc(O)c1)C(=O)O.